The number of phenols is 1. The number of halogens is 1. The van der Waals surface area contributed by atoms with Gasteiger partial charge in [-0.1, -0.05) is 26.0 Å². The third-order valence-electron chi connectivity index (χ3n) is 3.50. The maximum absolute atomic E-state index is 10.1. The molecule has 0 bridgehead atoms. The average Bonchev–Trinajstić information content (AvgIpc) is 2.59. The van der Waals surface area contributed by atoms with Crippen LogP contribution < -0.4 is 15.4 Å². The summed E-state index contributed by atoms with van der Waals surface area (Å²) < 4.78 is 10.7. The van der Waals surface area contributed by atoms with Gasteiger partial charge in [-0.05, 0) is 37.3 Å². The van der Waals surface area contributed by atoms with Crippen LogP contribution in [0, 0.1) is 5.92 Å². The highest BCUT2D eigenvalue weighted by molar-refractivity contribution is 14.0. The number of para-hydroxylation sites is 1. The van der Waals surface area contributed by atoms with Crippen LogP contribution in [0.15, 0.2) is 23.2 Å². The van der Waals surface area contributed by atoms with Gasteiger partial charge in [0.05, 0.1) is 7.11 Å². The van der Waals surface area contributed by atoms with Gasteiger partial charge in [-0.25, -0.2) is 0 Å². The first-order valence-electron chi connectivity index (χ1n) is 9.03. The molecule has 0 aliphatic carbocycles. The van der Waals surface area contributed by atoms with E-state index in [0.29, 0.717) is 24.6 Å². The summed E-state index contributed by atoms with van der Waals surface area (Å²) in [6.45, 7) is 10.1. The highest BCUT2D eigenvalue weighted by Crippen LogP contribution is 2.29. The number of aromatic hydroxyl groups is 1. The van der Waals surface area contributed by atoms with E-state index in [1.165, 1.54) is 0 Å². The van der Waals surface area contributed by atoms with Gasteiger partial charge in [-0.15, -0.1) is 24.0 Å². The molecule has 1 aromatic rings. The fraction of sp³-hybridized carbons (Fsp3) is 0.632. The Kier molecular flexibility index (Phi) is 14.2. The fourth-order valence-electron chi connectivity index (χ4n) is 2.27. The van der Waals surface area contributed by atoms with E-state index in [9.17, 15) is 5.11 Å². The van der Waals surface area contributed by atoms with Gasteiger partial charge in [-0.3, -0.25) is 4.99 Å². The van der Waals surface area contributed by atoms with Crippen molar-refractivity contribution in [1.82, 2.24) is 10.6 Å². The number of nitrogens with one attached hydrogen (secondary N) is 2. The zero-order valence-electron chi connectivity index (χ0n) is 16.4. The predicted molar refractivity (Wildman–Crippen MR) is 118 cm³/mol. The lowest BCUT2D eigenvalue weighted by molar-refractivity contribution is 0.109. The van der Waals surface area contributed by atoms with Crippen LogP contribution in [0.2, 0.25) is 0 Å². The summed E-state index contributed by atoms with van der Waals surface area (Å²) in [7, 11) is 1.55. The first-order valence-corrected chi connectivity index (χ1v) is 9.03. The van der Waals surface area contributed by atoms with Crippen molar-refractivity contribution >= 4 is 29.9 Å². The molecule has 0 unspecified atom stereocenters. The molecule has 0 spiro atoms. The third kappa shape index (κ3) is 10.1. The topological polar surface area (TPSA) is 75.1 Å². The SMILES string of the molecule is CCNC(=NCCCOCC(C)C)NCCc1cccc(OC)c1O.I. The molecule has 0 heterocycles. The predicted octanol–water partition coefficient (Wildman–Crippen LogP) is 3.18. The van der Waals surface area contributed by atoms with E-state index in [-0.39, 0.29) is 29.7 Å². The van der Waals surface area contributed by atoms with Gasteiger partial charge in [0.15, 0.2) is 17.5 Å². The third-order valence-corrected chi connectivity index (χ3v) is 3.50. The van der Waals surface area contributed by atoms with Gasteiger partial charge < -0.3 is 25.2 Å². The molecule has 0 saturated carbocycles. The van der Waals surface area contributed by atoms with E-state index in [2.05, 4.69) is 29.5 Å². The van der Waals surface area contributed by atoms with E-state index in [4.69, 9.17) is 9.47 Å². The Morgan fingerprint density at radius 2 is 2.04 bits per heavy atom. The molecule has 0 aromatic heterocycles. The second kappa shape index (κ2) is 14.9. The molecule has 6 nitrogen and oxygen atoms in total. The number of ether oxygens (including phenoxy) is 2. The number of methoxy groups -OCH3 is 1. The van der Waals surface area contributed by atoms with Crippen molar-refractivity contribution in [1.29, 1.82) is 0 Å². The van der Waals surface area contributed by atoms with Gasteiger partial charge in [-0.2, -0.15) is 0 Å². The smallest absolute Gasteiger partial charge is 0.191 e. The van der Waals surface area contributed by atoms with Gasteiger partial charge in [0.2, 0.25) is 0 Å². The Labute approximate surface area is 174 Å². The van der Waals surface area contributed by atoms with Crippen LogP contribution in [0.3, 0.4) is 0 Å². The molecular formula is C19H34IN3O3. The normalized spacial score (nSPS) is 11.2. The summed E-state index contributed by atoms with van der Waals surface area (Å²) in [4.78, 5) is 4.54. The van der Waals surface area contributed by atoms with Crippen LogP contribution in [0.4, 0.5) is 0 Å². The quantitative estimate of drug-likeness (QED) is 0.197. The van der Waals surface area contributed by atoms with Crippen molar-refractivity contribution in [3.63, 3.8) is 0 Å². The van der Waals surface area contributed by atoms with Crippen molar-refractivity contribution in [3.05, 3.63) is 23.8 Å². The lowest BCUT2D eigenvalue weighted by Gasteiger charge is -2.13. The maximum Gasteiger partial charge on any atom is 0.191 e. The second-order valence-corrected chi connectivity index (χ2v) is 6.23. The minimum Gasteiger partial charge on any atom is -0.504 e. The van der Waals surface area contributed by atoms with Crippen LogP contribution in [-0.2, 0) is 11.2 Å². The monoisotopic (exact) mass is 479 g/mol. The van der Waals surface area contributed by atoms with Gasteiger partial charge in [0, 0.05) is 32.8 Å². The van der Waals surface area contributed by atoms with Crippen molar-refractivity contribution < 1.29 is 14.6 Å². The molecule has 1 rings (SSSR count). The molecule has 0 radical (unpaired) electrons. The van der Waals surface area contributed by atoms with Crippen molar-refractivity contribution in [2.24, 2.45) is 10.9 Å². The molecule has 0 aliphatic rings. The Morgan fingerprint density at radius 1 is 1.27 bits per heavy atom. The number of hydrogen-bond acceptors (Lipinski definition) is 4. The van der Waals surface area contributed by atoms with Crippen molar-refractivity contribution in [3.8, 4) is 11.5 Å². The second-order valence-electron chi connectivity index (χ2n) is 6.23. The van der Waals surface area contributed by atoms with Crippen LogP contribution in [0.1, 0.15) is 32.8 Å². The Balaban J connectivity index is 0.00000625. The molecule has 26 heavy (non-hydrogen) atoms. The summed E-state index contributed by atoms with van der Waals surface area (Å²) in [6.07, 6.45) is 1.59. The summed E-state index contributed by atoms with van der Waals surface area (Å²) in [6, 6.07) is 5.53. The molecule has 3 N–H and O–H groups in total. The molecule has 0 fully saturated rings. The number of nitrogens with zero attached hydrogens (tertiary/aromatic N) is 1. The molecule has 0 aliphatic heterocycles. The highest BCUT2D eigenvalue weighted by Gasteiger charge is 2.07. The van der Waals surface area contributed by atoms with E-state index in [0.717, 1.165) is 44.2 Å². The lowest BCUT2D eigenvalue weighted by atomic mass is 10.1. The fourth-order valence-corrected chi connectivity index (χ4v) is 2.27. The molecule has 1 aromatic carbocycles. The van der Waals surface area contributed by atoms with E-state index in [1.54, 1.807) is 13.2 Å². The number of hydrogen-bond donors (Lipinski definition) is 3. The zero-order chi connectivity index (χ0) is 18.5. The number of phenolic OH excluding ortho intramolecular Hbond substituents is 1. The molecule has 150 valence electrons. The van der Waals surface area contributed by atoms with Crippen LogP contribution in [0.25, 0.3) is 0 Å². The Bertz CT molecular complexity index is 525. The molecule has 7 heteroatoms. The van der Waals surface area contributed by atoms with Crippen LogP contribution in [-0.4, -0.2) is 51.0 Å². The number of benzene rings is 1. The summed E-state index contributed by atoms with van der Waals surface area (Å²) in [5.41, 5.74) is 0.852. The number of guanidine groups is 1. The standard InChI is InChI=1S/C19H33N3O3.HI/c1-5-20-19(21-11-7-13-25-14-15(2)3)22-12-10-16-8-6-9-17(24-4)18(16)23;/h6,8-9,15,23H,5,7,10-14H2,1-4H3,(H2,20,21,22);1H. The molecule has 0 amide bonds. The summed E-state index contributed by atoms with van der Waals surface area (Å²) >= 11 is 0. The van der Waals surface area contributed by atoms with E-state index < -0.39 is 0 Å². The van der Waals surface area contributed by atoms with E-state index in [1.807, 2.05) is 19.1 Å². The van der Waals surface area contributed by atoms with Crippen molar-refractivity contribution in [2.45, 2.75) is 33.6 Å². The lowest BCUT2D eigenvalue weighted by Crippen LogP contribution is -2.38. The van der Waals surface area contributed by atoms with Crippen LogP contribution >= 0.6 is 24.0 Å². The average molecular weight is 479 g/mol. The first kappa shape index (κ1) is 24.8. The Morgan fingerprint density at radius 3 is 2.69 bits per heavy atom. The Hall–Kier alpha value is -1.22. The number of aliphatic imine (C=N–C) groups is 1. The number of rotatable bonds is 11. The zero-order valence-corrected chi connectivity index (χ0v) is 18.7. The van der Waals surface area contributed by atoms with Gasteiger partial charge in [0.1, 0.15) is 0 Å². The maximum atomic E-state index is 10.1. The molecule has 0 saturated heterocycles. The van der Waals surface area contributed by atoms with Crippen molar-refractivity contribution in [2.75, 3.05) is 40.0 Å². The highest BCUT2D eigenvalue weighted by atomic mass is 127. The van der Waals surface area contributed by atoms with Gasteiger partial charge in [0.25, 0.3) is 0 Å². The minimum atomic E-state index is 0. The molecular weight excluding hydrogens is 445 g/mol. The minimum absolute atomic E-state index is 0. The first-order chi connectivity index (χ1) is 12.1. The van der Waals surface area contributed by atoms with E-state index >= 15 is 0 Å². The summed E-state index contributed by atoms with van der Waals surface area (Å²) in [5, 5.41) is 16.6. The summed E-state index contributed by atoms with van der Waals surface area (Å²) in [5.74, 6) is 2.06. The van der Waals surface area contributed by atoms with Crippen LogP contribution in [0.5, 0.6) is 11.5 Å². The largest absolute Gasteiger partial charge is 0.504 e. The van der Waals surface area contributed by atoms with Gasteiger partial charge >= 0.3 is 0 Å². The molecule has 0 atom stereocenters.